The van der Waals surface area contributed by atoms with E-state index >= 15 is 0 Å². The molecule has 2 saturated carbocycles. The summed E-state index contributed by atoms with van der Waals surface area (Å²) in [6, 6.07) is 0. The monoisotopic (exact) mass is 487 g/mol. The molecule has 6 rings (SSSR count). The second kappa shape index (κ2) is 7.33. The van der Waals surface area contributed by atoms with Crippen molar-refractivity contribution in [3.63, 3.8) is 0 Å². The van der Waals surface area contributed by atoms with Crippen molar-refractivity contribution in [3.05, 3.63) is 23.3 Å². The molecule has 35 heavy (non-hydrogen) atoms. The van der Waals surface area contributed by atoms with Gasteiger partial charge in [0.2, 0.25) is 0 Å². The molecule has 4 fully saturated rings. The van der Waals surface area contributed by atoms with Gasteiger partial charge in [0.25, 0.3) is 0 Å². The molecule has 7 nitrogen and oxygen atoms in total. The summed E-state index contributed by atoms with van der Waals surface area (Å²) >= 11 is 0. The highest BCUT2D eigenvalue weighted by atomic mass is 16.7. The fraction of sp³-hybridized carbons (Fsp3) is 0.821. The van der Waals surface area contributed by atoms with Gasteiger partial charge in [0.15, 0.2) is 11.9 Å². The molecular formula is C28H41NO6. The van der Waals surface area contributed by atoms with E-state index in [0.717, 1.165) is 30.4 Å². The van der Waals surface area contributed by atoms with Gasteiger partial charge in [-0.05, 0) is 74.3 Å². The van der Waals surface area contributed by atoms with Gasteiger partial charge in [-0.3, -0.25) is 0 Å². The Hall–Kier alpha value is -1.41. The van der Waals surface area contributed by atoms with Crippen molar-refractivity contribution in [1.82, 2.24) is 4.90 Å². The van der Waals surface area contributed by atoms with Gasteiger partial charge in [0.1, 0.15) is 11.7 Å². The van der Waals surface area contributed by atoms with Crippen molar-refractivity contribution in [2.24, 2.45) is 34.5 Å². The summed E-state index contributed by atoms with van der Waals surface area (Å²) < 4.78 is 18.7. The third-order valence-corrected chi connectivity index (χ3v) is 10.5. The fourth-order valence-electron chi connectivity index (χ4n) is 8.68. The number of fused-ring (bicyclic) bond motifs is 5. The molecule has 1 unspecified atom stereocenters. The van der Waals surface area contributed by atoms with Crippen molar-refractivity contribution in [2.45, 2.75) is 90.5 Å². The molecule has 0 aromatic heterocycles. The van der Waals surface area contributed by atoms with E-state index in [1.165, 1.54) is 0 Å². The Balaban J connectivity index is 1.50. The summed E-state index contributed by atoms with van der Waals surface area (Å²) in [5.74, 6) is -0.282. The Morgan fingerprint density at radius 3 is 2.57 bits per heavy atom. The van der Waals surface area contributed by atoms with Crippen molar-refractivity contribution < 1.29 is 29.2 Å². The van der Waals surface area contributed by atoms with Crippen LogP contribution >= 0.6 is 0 Å². The molecule has 4 aliphatic carbocycles. The quantitative estimate of drug-likeness (QED) is 0.549. The largest absolute Gasteiger partial charge is 0.438 e. The lowest BCUT2D eigenvalue weighted by Crippen LogP contribution is -2.69. The lowest BCUT2D eigenvalue weighted by atomic mass is 9.58. The van der Waals surface area contributed by atoms with Crippen LogP contribution in [0.25, 0.3) is 0 Å². The van der Waals surface area contributed by atoms with Gasteiger partial charge in [-0.1, -0.05) is 32.9 Å². The zero-order chi connectivity index (χ0) is 25.1. The normalized spacial score (nSPS) is 49.0. The second-order valence-electron chi connectivity index (χ2n) is 13.1. The maximum atomic E-state index is 13.2. The van der Waals surface area contributed by atoms with Crippen LogP contribution in [0, 0.1) is 34.5 Å². The summed E-state index contributed by atoms with van der Waals surface area (Å²) in [5.41, 5.74) is -0.886. The second-order valence-corrected chi connectivity index (χ2v) is 13.1. The van der Waals surface area contributed by atoms with E-state index in [4.69, 9.17) is 14.2 Å². The number of carbonyl (C=O) groups is 1. The average molecular weight is 488 g/mol. The number of likely N-dealkylation sites (tertiary alicyclic amines) is 1. The van der Waals surface area contributed by atoms with Crippen LogP contribution in [0.15, 0.2) is 23.3 Å². The molecule has 194 valence electrons. The first-order valence-corrected chi connectivity index (χ1v) is 13.4. The summed E-state index contributed by atoms with van der Waals surface area (Å²) in [6.07, 6.45) is 4.12. The molecule has 9 atom stereocenters. The Kier molecular flexibility index (Phi) is 5.02. The van der Waals surface area contributed by atoms with Gasteiger partial charge in [0, 0.05) is 19.0 Å². The van der Waals surface area contributed by atoms with E-state index in [9.17, 15) is 15.0 Å². The number of hydrogen-bond acceptors (Lipinski definition) is 6. The number of hydrogen-bond donors (Lipinski definition) is 2. The Labute approximate surface area is 208 Å². The maximum Gasteiger partial charge on any atom is 0.410 e. The highest BCUT2D eigenvalue weighted by Crippen LogP contribution is 2.73. The maximum absolute atomic E-state index is 13.2. The zero-order valence-corrected chi connectivity index (χ0v) is 21.9. The number of carbonyl (C=O) groups excluding carboxylic acids is 1. The van der Waals surface area contributed by atoms with E-state index in [1.54, 1.807) is 4.90 Å². The molecule has 0 radical (unpaired) electrons. The van der Waals surface area contributed by atoms with E-state index in [0.29, 0.717) is 31.5 Å². The van der Waals surface area contributed by atoms with Crippen molar-refractivity contribution in [1.29, 1.82) is 0 Å². The number of aliphatic hydroxyl groups excluding tert-OH is 1. The van der Waals surface area contributed by atoms with Crippen LogP contribution in [0.3, 0.4) is 0 Å². The number of rotatable bonds is 1. The average Bonchev–Trinajstić information content (AvgIpc) is 3.13. The van der Waals surface area contributed by atoms with Gasteiger partial charge < -0.3 is 29.3 Å². The van der Waals surface area contributed by atoms with Crippen LogP contribution in [0.5, 0.6) is 0 Å². The third-order valence-electron chi connectivity index (χ3n) is 10.5. The molecule has 0 aromatic carbocycles. The molecule has 2 bridgehead atoms. The topological polar surface area (TPSA) is 88.5 Å². The van der Waals surface area contributed by atoms with E-state index in [1.807, 2.05) is 26.8 Å². The van der Waals surface area contributed by atoms with Crippen molar-refractivity contribution in [3.8, 4) is 0 Å². The van der Waals surface area contributed by atoms with Gasteiger partial charge >= 0.3 is 6.09 Å². The van der Waals surface area contributed by atoms with E-state index in [2.05, 4.69) is 26.8 Å². The van der Waals surface area contributed by atoms with E-state index in [-0.39, 0.29) is 17.3 Å². The highest BCUT2D eigenvalue weighted by molar-refractivity contribution is 5.69. The molecule has 1 amide bonds. The van der Waals surface area contributed by atoms with Crippen molar-refractivity contribution in [2.75, 3.05) is 19.7 Å². The predicted octanol–water partition coefficient (Wildman–Crippen LogP) is 3.65. The molecule has 1 spiro atoms. The smallest absolute Gasteiger partial charge is 0.410 e. The molecule has 2 aliphatic heterocycles. The van der Waals surface area contributed by atoms with Crippen LogP contribution in [-0.4, -0.2) is 70.6 Å². The number of amides is 1. The van der Waals surface area contributed by atoms with Crippen LogP contribution in [-0.2, 0) is 14.2 Å². The molecule has 2 saturated heterocycles. The minimum absolute atomic E-state index is 0.0329. The Bertz CT molecular complexity index is 995. The first kappa shape index (κ1) is 24.0. The van der Waals surface area contributed by atoms with E-state index < -0.39 is 41.2 Å². The van der Waals surface area contributed by atoms with Gasteiger partial charge in [-0.2, -0.15) is 0 Å². The first-order chi connectivity index (χ1) is 16.3. The zero-order valence-electron chi connectivity index (χ0n) is 21.9. The Morgan fingerprint density at radius 2 is 1.89 bits per heavy atom. The van der Waals surface area contributed by atoms with Gasteiger partial charge in [0.05, 0.1) is 18.1 Å². The summed E-state index contributed by atoms with van der Waals surface area (Å²) in [7, 11) is 0. The molecule has 2 N–H and O–H groups in total. The molecule has 7 heteroatoms. The highest BCUT2D eigenvalue weighted by Gasteiger charge is 2.77. The molecule has 0 aromatic rings. The van der Waals surface area contributed by atoms with Crippen LogP contribution in [0.4, 0.5) is 4.79 Å². The minimum Gasteiger partial charge on any atom is -0.438 e. The number of nitrogens with zero attached hydrogens (tertiary/aromatic N) is 1. The SMILES string of the molecule is CC1=C[C@]23C(O)[C@@H](C=C4COC(C)(C)O[C@H]4[C@]2(O)[C@H]1OC(=O)N1CCCC1)[C@H]1[C@@H](C[C@H]3C)C1(C)C. The Morgan fingerprint density at radius 1 is 1.20 bits per heavy atom. The first-order valence-electron chi connectivity index (χ1n) is 13.4. The lowest BCUT2D eigenvalue weighted by molar-refractivity contribution is -0.312. The predicted molar refractivity (Wildman–Crippen MR) is 129 cm³/mol. The number of ether oxygens (including phenoxy) is 3. The van der Waals surface area contributed by atoms with Crippen molar-refractivity contribution >= 4 is 6.09 Å². The van der Waals surface area contributed by atoms with Crippen LogP contribution in [0.1, 0.15) is 60.8 Å². The van der Waals surface area contributed by atoms with Crippen LogP contribution < -0.4 is 0 Å². The molecule has 6 aliphatic rings. The van der Waals surface area contributed by atoms with Crippen LogP contribution in [0.2, 0.25) is 0 Å². The number of aliphatic hydroxyl groups is 2. The summed E-state index contributed by atoms with van der Waals surface area (Å²) in [6.45, 7) is 14.0. The fourth-order valence-corrected chi connectivity index (χ4v) is 8.68. The van der Waals surface area contributed by atoms with Gasteiger partial charge in [-0.25, -0.2) is 4.79 Å². The third kappa shape index (κ3) is 3.01. The minimum atomic E-state index is -1.64. The molecular weight excluding hydrogens is 446 g/mol. The summed E-state index contributed by atoms with van der Waals surface area (Å²) in [5, 5.41) is 25.2. The standard InChI is InChI=1S/C28H41NO6/c1-15-13-27-16(2)11-19-20(25(19,3)4)18(21(27)30)12-17-14-33-26(5,6)35-23(17)28(27,32)22(15)34-24(31)29-9-7-8-10-29/h12-13,16,18-23,30,32H,7-11,14H2,1-6H3/t16-,18+,19-,20+,21?,22+,23-,27+,28-/m1/s1. The lowest BCUT2D eigenvalue weighted by Gasteiger charge is -2.55. The summed E-state index contributed by atoms with van der Waals surface area (Å²) in [4.78, 5) is 14.9. The molecule has 2 heterocycles. The van der Waals surface area contributed by atoms with Gasteiger partial charge in [-0.15, -0.1) is 0 Å².